The van der Waals surface area contributed by atoms with Crippen molar-refractivity contribution in [1.29, 1.82) is 0 Å². The Kier molecular flexibility index (Phi) is 7.22. The van der Waals surface area contributed by atoms with Crippen LogP contribution in [0.25, 0.3) is 0 Å². The second-order valence-electron chi connectivity index (χ2n) is 6.72. The van der Waals surface area contributed by atoms with Crippen LogP contribution in [0.4, 0.5) is 5.69 Å². The number of benzene rings is 2. The molecule has 1 aliphatic heterocycles. The minimum atomic E-state index is -0.184. The molecule has 148 valence electrons. The maximum atomic E-state index is 11.2. The molecule has 1 saturated heterocycles. The zero-order valence-corrected chi connectivity index (χ0v) is 16.5. The van der Waals surface area contributed by atoms with Gasteiger partial charge in [-0.25, -0.2) is 0 Å². The largest absolute Gasteiger partial charge is 0.492 e. The highest BCUT2D eigenvalue weighted by molar-refractivity contribution is 7.80. The van der Waals surface area contributed by atoms with Crippen LogP contribution in [0, 0.1) is 5.92 Å². The third-order valence-corrected chi connectivity index (χ3v) is 4.91. The van der Waals surface area contributed by atoms with Gasteiger partial charge in [-0.15, -0.1) is 0 Å². The van der Waals surface area contributed by atoms with Gasteiger partial charge in [-0.3, -0.25) is 9.69 Å². The van der Waals surface area contributed by atoms with Crippen molar-refractivity contribution in [3.8, 4) is 11.5 Å². The van der Waals surface area contributed by atoms with E-state index in [1.807, 2.05) is 54.6 Å². The van der Waals surface area contributed by atoms with E-state index in [0.717, 1.165) is 43.9 Å². The molecule has 0 unspecified atom stereocenters. The minimum absolute atomic E-state index is 0.0205. The Morgan fingerprint density at radius 2 is 1.71 bits per heavy atom. The number of amides is 1. The SMILES string of the molecule is NC(=O)C1CCN(CCOc2ccc(OC(=S)Nc3ccccc3)cc2)CC1. The molecular weight excluding hydrogens is 374 g/mol. The molecule has 7 heteroatoms. The summed E-state index contributed by atoms with van der Waals surface area (Å²) in [5.41, 5.74) is 6.25. The lowest BCUT2D eigenvalue weighted by Gasteiger charge is -2.30. The maximum absolute atomic E-state index is 11.2. The predicted octanol–water partition coefficient (Wildman–Crippen LogP) is 3.04. The molecule has 1 aliphatic rings. The number of carbonyl (C=O) groups excluding carboxylic acids is 1. The summed E-state index contributed by atoms with van der Waals surface area (Å²) >= 11 is 5.22. The summed E-state index contributed by atoms with van der Waals surface area (Å²) in [5.74, 6) is 1.26. The maximum Gasteiger partial charge on any atom is 0.266 e. The molecule has 0 bridgehead atoms. The highest BCUT2D eigenvalue weighted by Gasteiger charge is 2.22. The molecule has 2 aromatic carbocycles. The topological polar surface area (TPSA) is 76.8 Å². The quantitative estimate of drug-likeness (QED) is 0.697. The highest BCUT2D eigenvalue weighted by Crippen LogP contribution is 2.19. The second kappa shape index (κ2) is 10.1. The fraction of sp³-hybridized carbons (Fsp3) is 0.333. The molecule has 0 atom stereocenters. The van der Waals surface area contributed by atoms with E-state index in [4.69, 9.17) is 27.4 Å². The zero-order chi connectivity index (χ0) is 19.8. The van der Waals surface area contributed by atoms with Crippen molar-refractivity contribution in [1.82, 2.24) is 4.90 Å². The Morgan fingerprint density at radius 3 is 2.36 bits per heavy atom. The van der Waals surface area contributed by atoms with Crippen molar-refractivity contribution < 1.29 is 14.3 Å². The van der Waals surface area contributed by atoms with E-state index in [1.54, 1.807) is 0 Å². The molecule has 1 amide bonds. The van der Waals surface area contributed by atoms with Crippen molar-refractivity contribution in [2.24, 2.45) is 11.7 Å². The number of ether oxygens (including phenoxy) is 2. The molecule has 0 spiro atoms. The van der Waals surface area contributed by atoms with Crippen molar-refractivity contribution in [2.75, 3.05) is 31.6 Å². The number of piperidine rings is 1. The highest BCUT2D eigenvalue weighted by atomic mass is 32.1. The number of nitrogens with one attached hydrogen (secondary N) is 1. The van der Waals surface area contributed by atoms with Gasteiger partial charge in [0, 0.05) is 18.2 Å². The lowest BCUT2D eigenvalue weighted by molar-refractivity contribution is -0.123. The van der Waals surface area contributed by atoms with Crippen LogP contribution in [0.1, 0.15) is 12.8 Å². The van der Waals surface area contributed by atoms with Crippen LogP contribution in [0.2, 0.25) is 0 Å². The number of carbonyl (C=O) groups is 1. The third-order valence-electron chi connectivity index (χ3n) is 4.72. The standard InChI is InChI=1S/C21H25N3O3S/c22-20(25)16-10-12-24(13-11-16)14-15-26-18-6-8-19(9-7-18)27-21(28)23-17-4-2-1-3-5-17/h1-9,16H,10-15H2,(H2,22,25)(H,23,28). The number of primary amides is 1. The van der Waals surface area contributed by atoms with Gasteiger partial charge in [-0.05, 0) is 74.5 Å². The normalized spacial score (nSPS) is 15.0. The molecule has 0 radical (unpaired) electrons. The first-order chi connectivity index (χ1) is 13.6. The predicted molar refractivity (Wildman–Crippen MR) is 114 cm³/mol. The number of rotatable bonds is 7. The van der Waals surface area contributed by atoms with Gasteiger partial charge in [0.05, 0.1) is 0 Å². The fourth-order valence-corrected chi connectivity index (χ4v) is 3.32. The van der Waals surface area contributed by atoms with Crippen LogP contribution < -0.4 is 20.5 Å². The lowest BCUT2D eigenvalue weighted by atomic mass is 9.96. The molecule has 28 heavy (non-hydrogen) atoms. The summed E-state index contributed by atoms with van der Waals surface area (Å²) in [7, 11) is 0. The van der Waals surface area contributed by atoms with E-state index in [-0.39, 0.29) is 11.8 Å². The fourth-order valence-electron chi connectivity index (χ4n) is 3.11. The van der Waals surface area contributed by atoms with Crippen molar-refractivity contribution in [3.05, 3.63) is 54.6 Å². The van der Waals surface area contributed by atoms with Crippen molar-refractivity contribution in [2.45, 2.75) is 12.8 Å². The van der Waals surface area contributed by atoms with Gasteiger partial charge >= 0.3 is 0 Å². The molecule has 0 aromatic heterocycles. The van der Waals surface area contributed by atoms with Gasteiger partial charge in [0.25, 0.3) is 5.17 Å². The van der Waals surface area contributed by atoms with Crippen LogP contribution in [-0.4, -0.2) is 42.2 Å². The first-order valence-corrected chi connectivity index (χ1v) is 9.79. The summed E-state index contributed by atoms with van der Waals surface area (Å²) < 4.78 is 11.4. The number of hydrogen-bond acceptors (Lipinski definition) is 5. The molecule has 3 N–H and O–H groups in total. The minimum Gasteiger partial charge on any atom is -0.492 e. The van der Waals surface area contributed by atoms with E-state index >= 15 is 0 Å². The van der Waals surface area contributed by atoms with E-state index in [2.05, 4.69) is 10.2 Å². The van der Waals surface area contributed by atoms with Crippen LogP contribution in [0.3, 0.4) is 0 Å². The number of hydrogen-bond donors (Lipinski definition) is 2. The van der Waals surface area contributed by atoms with Crippen LogP contribution in [0.15, 0.2) is 54.6 Å². The van der Waals surface area contributed by atoms with E-state index in [9.17, 15) is 4.79 Å². The Hall–Kier alpha value is -2.64. The zero-order valence-electron chi connectivity index (χ0n) is 15.7. The summed E-state index contributed by atoms with van der Waals surface area (Å²) in [5, 5.41) is 3.32. The average Bonchev–Trinajstić information content (AvgIpc) is 2.70. The van der Waals surface area contributed by atoms with E-state index < -0.39 is 0 Å². The number of nitrogens with two attached hydrogens (primary N) is 1. The number of anilines is 1. The third kappa shape index (κ3) is 6.21. The molecule has 2 aromatic rings. The summed E-state index contributed by atoms with van der Waals surface area (Å²) in [4.78, 5) is 13.5. The lowest BCUT2D eigenvalue weighted by Crippen LogP contribution is -2.40. The molecular formula is C21H25N3O3S. The van der Waals surface area contributed by atoms with Crippen molar-refractivity contribution in [3.63, 3.8) is 0 Å². The Bertz CT molecular complexity index is 775. The Morgan fingerprint density at radius 1 is 1.07 bits per heavy atom. The molecule has 1 fully saturated rings. The van der Waals surface area contributed by atoms with Gasteiger partial charge in [0.2, 0.25) is 5.91 Å². The first-order valence-electron chi connectivity index (χ1n) is 9.38. The molecule has 1 heterocycles. The van der Waals surface area contributed by atoms with Gasteiger partial charge in [0.15, 0.2) is 0 Å². The first kappa shape index (κ1) is 20.1. The second-order valence-corrected chi connectivity index (χ2v) is 7.09. The molecule has 3 rings (SSSR count). The van der Waals surface area contributed by atoms with Gasteiger partial charge in [-0.1, -0.05) is 18.2 Å². The number of nitrogens with zero attached hydrogens (tertiary/aromatic N) is 1. The van der Waals surface area contributed by atoms with Crippen molar-refractivity contribution >= 4 is 29.0 Å². The van der Waals surface area contributed by atoms with E-state index in [1.165, 1.54) is 0 Å². The van der Waals surface area contributed by atoms with Crippen LogP contribution in [-0.2, 0) is 4.79 Å². The summed E-state index contributed by atoms with van der Waals surface area (Å²) in [6.45, 7) is 3.19. The monoisotopic (exact) mass is 399 g/mol. The summed E-state index contributed by atoms with van der Waals surface area (Å²) in [6.07, 6.45) is 1.66. The van der Waals surface area contributed by atoms with E-state index in [0.29, 0.717) is 17.5 Å². The smallest absolute Gasteiger partial charge is 0.266 e. The van der Waals surface area contributed by atoms with Crippen LogP contribution >= 0.6 is 12.2 Å². The molecule has 0 saturated carbocycles. The molecule has 0 aliphatic carbocycles. The summed E-state index contributed by atoms with van der Waals surface area (Å²) in [6, 6.07) is 17.0. The Balaban J connectivity index is 1.37. The number of thiocarbonyl (C=S) groups is 1. The number of likely N-dealkylation sites (tertiary alicyclic amines) is 1. The number of para-hydroxylation sites is 1. The van der Waals surface area contributed by atoms with Gasteiger partial charge < -0.3 is 20.5 Å². The average molecular weight is 400 g/mol. The van der Waals surface area contributed by atoms with Gasteiger partial charge in [-0.2, -0.15) is 0 Å². The van der Waals surface area contributed by atoms with Gasteiger partial charge in [0.1, 0.15) is 18.1 Å². The van der Waals surface area contributed by atoms with Crippen LogP contribution in [0.5, 0.6) is 11.5 Å². The Labute approximate surface area is 170 Å². The molecule has 6 nitrogen and oxygen atoms in total.